The van der Waals surface area contributed by atoms with Crippen LogP contribution in [0, 0.1) is 0 Å². The van der Waals surface area contributed by atoms with Crippen molar-refractivity contribution >= 4 is 23.2 Å². The van der Waals surface area contributed by atoms with Crippen LogP contribution in [0.4, 0.5) is 11.4 Å². The lowest BCUT2D eigenvalue weighted by Crippen LogP contribution is -2.50. The Morgan fingerprint density at radius 1 is 1.00 bits per heavy atom. The molecular formula is C22H26N4O2. The summed E-state index contributed by atoms with van der Waals surface area (Å²) in [5.41, 5.74) is 9.83. The number of rotatable bonds is 5. The van der Waals surface area contributed by atoms with Gasteiger partial charge in [-0.15, -0.1) is 0 Å². The predicted molar refractivity (Wildman–Crippen MR) is 110 cm³/mol. The largest absolute Gasteiger partial charge is 0.372 e. The number of nitrogens with one attached hydrogen (secondary N) is 1. The van der Waals surface area contributed by atoms with Gasteiger partial charge in [-0.1, -0.05) is 24.3 Å². The maximum atomic E-state index is 12.6. The van der Waals surface area contributed by atoms with Crippen molar-refractivity contribution < 1.29 is 9.59 Å². The molecule has 28 heavy (non-hydrogen) atoms. The summed E-state index contributed by atoms with van der Waals surface area (Å²) in [6.07, 6.45) is 3.01. The van der Waals surface area contributed by atoms with Gasteiger partial charge in [-0.2, -0.15) is 0 Å². The molecule has 2 aliphatic heterocycles. The molecule has 6 heteroatoms. The third-order valence-electron chi connectivity index (χ3n) is 5.64. The van der Waals surface area contributed by atoms with Gasteiger partial charge in [0.05, 0.1) is 12.6 Å². The molecule has 2 aromatic carbocycles. The number of carbonyl (C=O) groups is 2. The molecule has 0 radical (unpaired) electrons. The zero-order valence-corrected chi connectivity index (χ0v) is 15.9. The van der Waals surface area contributed by atoms with Crippen molar-refractivity contribution in [2.75, 3.05) is 29.9 Å². The van der Waals surface area contributed by atoms with E-state index < -0.39 is 11.9 Å². The number of hydrogen-bond acceptors (Lipinski definition) is 4. The highest BCUT2D eigenvalue weighted by molar-refractivity contribution is 5.93. The Balaban J connectivity index is 1.40. The fourth-order valence-electron chi connectivity index (χ4n) is 4.14. The van der Waals surface area contributed by atoms with E-state index in [1.807, 2.05) is 53.4 Å². The Hall–Kier alpha value is -2.86. The van der Waals surface area contributed by atoms with Crippen LogP contribution in [-0.4, -0.2) is 42.4 Å². The minimum absolute atomic E-state index is 0.135. The lowest BCUT2D eigenvalue weighted by molar-refractivity contribution is -0.125. The zero-order chi connectivity index (χ0) is 19.5. The van der Waals surface area contributed by atoms with Gasteiger partial charge in [0.15, 0.2) is 0 Å². The average Bonchev–Trinajstić information content (AvgIpc) is 3.22. The van der Waals surface area contributed by atoms with Crippen molar-refractivity contribution in [3.63, 3.8) is 0 Å². The van der Waals surface area contributed by atoms with Crippen LogP contribution in [0.25, 0.3) is 0 Å². The molecule has 0 saturated carbocycles. The van der Waals surface area contributed by atoms with Crippen molar-refractivity contribution in [3.05, 3.63) is 59.7 Å². The molecule has 0 spiro atoms. The molecule has 6 nitrogen and oxygen atoms in total. The van der Waals surface area contributed by atoms with Crippen LogP contribution in [0.1, 0.15) is 24.0 Å². The second kappa shape index (κ2) is 8.02. The second-order valence-electron chi connectivity index (χ2n) is 7.59. The van der Waals surface area contributed by atoms with Crippen LogP contribution in [0.2, 0.25) is 0 Å². The number of nitrogens with zero attached hydrogens (tertiary/aromatic N) is 2. The Labute approximate surface area is 165 Å². The Morgan fingerprint density at radius 2 is 1.68 bits per heavy atom. The molecule has 0 bridgehead atoms. The number of fused-ring (bicyclic) bond motifs is 1. The lowest BCUT2D eigenvalue weighted by Gasteiger charge is -2.34. The Morgan fingerprint density at radius 3 is 2.36 bits per heavy atom. The maximum Gasteiger partial charge on any atom is 0.238 e. The lowest BCUT2D eigenvalue weighted by atomic mass is 9.93. The first-order valence-corrected chi connectivity index (χ1v) is 9.85. The van der Waals surface area contributed by atoms with E-state index in [1.165, 1.54) is 18.5 Å². The maximum absolute atomic E-state index is 12.6. The van der Waals surface area contributed by atoms with Gasteiger partial charge in [0.25, 0.3) is 0 Å². The number of benzene rings is 2. The van der Waals surface area contributed by atoms with Gasteiger partial charge >= 0.3 is 0 Å². The fraction of sp³-hybridized carbons (Fsp3) is 0.364. The van der Waals surface area contributed by atoms with Crippen LogP contribution in [0.5, 0.6) is 0 Å². The Kier molecular flexibility index (Phi) is 5.30. The third kappa shape index (κ3) is 4.02. The van der Waals surface area contributed by atoms with Gasteiger partial charge in [-0.3, -0.25) is 14.5 Å². The normalized spacial score (nSPS) is 19.3. The summed E-state index contributed by atoms with van der Waals surface area (Å²) in [5.74, 6) is -0.531. The van der Waals surface area contributed by atoms with Crippen molar-refractivity contribution in [2.45, 2.75) is 31.8 Å². The van der Waals surface area contributed by atoms with Crippen LogP contribution in [0.3, 0.4) is 0 Å². The van der Waals surface area contributed by atoms with Crippen LogP contribution in [-0.2, 0) is 22.6 Å². The Bertz CT molecular complexity index is 859. The number of anilines is 2. The number of hydrogen-bond donors (Lipinski definition) is 2. The van der Waals surface area contributed by atoms with E-state index in [2.05, 4.69) is 10.2 Å². The molecule has 1 atom stereocenters. The second-order valence-corrected chi connectivity index (χ2v) is 7.59. The number of nitrogens with two attached hydrogens (primary N) is 1. The first kappa shape index (κ1) is 18.5. The molecule has 2 aromatic rings. The first-order chi connectivity index (χ1) is 13.6. The van der Waals surface area contributed by atoms with Crippen LogP contribution < -0.4 is 16.0 Å². The van der Waals surface area contributed by atoms with Gasteiger partial charge in [-0.05, 0) is 54.7 Å². The van der Waals surface area contributed by atoms with Gasteiger partial charge in [0, 0.05) is 31.0 Å². The first-order valence-electron chi connectivity index (χ1n) is 9.85. The quantitative estimate of drug-likeness (QED) is 0.836. The summed E-state index contributed by atoms with van der Waals surface area (Å²) >= 11 is 0. The van der Waals surface area contributed by atoms with Crippen molar-refractivity contribution in [1.29, 1.82) is 0 Å². The summed E-state index contributed by atoms with van der Waals surface area (Å²) in [7, 11) is 0. The van der Waals surface area contributed by atoms with E-state index >= 15 is 0 Å². The highest BCUT2D eigenvalue weighted by Crippen LogP contribution is 2.24. The highest BCUT2D eigenvalue weighted by atomic mass is 16.2. The van der Waals surface area contributed by atoms with Gasteiger partial charge < -0.3 is 16.0 Å². The summed E-state index contributed by atoms with van der Waals surface area (Å²) in [5, 5.41) is 2.94. The smallest absolute Gasteiger partial charge is 0.238 e. The van der Waals surface area contributed by atoms with Gasteiger partial charge in [-0.25, -0.2) is 0 Å². The summed E-state index contributed by atoms with van der Waals surface area (Å²) in [4.78, 5) is 28.7. The number of carbonyl (C=O) groups excluding carboxylic acids is 2. The van der Waals surface area contributed by atoms with Gasteiger partial charge in [0.2, 0.25) is 11.8 Å². The van der Waals surface area contributed by atoms with E-state index in [9.17, 15) is 9.59 Å². The standard InChI is InChI=1S/C22H26N4O2/c23-22(28)20-13-16-5-1-2-6-17(16)14-26(20)15-21(27)24-18-7-9-19(10-8-18)25-11-3-4-12-25/h1-2,5-10,20H,3-4,11-15H2,(H2,23,28)(H,24,27)/t20-/m0/s1. The van der Waals surface area contributed by atoms with Crippen LogP contribution >= 0.6 is 0 Å². The minimum Gasteiger partial charge on any atom is -0.372 e. The molecule has 1 fully saturated rings. The van der Waals surface area contributed by atoms with E-state index in [0.29, 0.717) is 13.0 Å². The predicted octanol–water partition coefficient (Wildman–Crippen LogP) is 2.14. The molecule has 2 aliphatic rings. The fourth-order valence-corrected chi connectivity index (χ4v) is 4.14. The molecule has 0 aliphatic carbocycles. The van der Waals surface area contributed by atoms with E-state index in [1.54, 1.807) is 0 Å². The zero-order valence-electron chi connectivity index (χ0n) is 15.9. The third-order valence-corrected chi connectivity index (χ3v) is 5.64. The summed E-state index contributed by atoms with van der Waals surface area (Å²) in [6.45, 7) is 2.87. The van der Waals surface area contributed by atoms with Crippen molar-refractivity contribution in [2.24, 2.45) is 5.73 Å². The van der Waals surface area contributed by atoms with Crippen molar-refractivity contribution in [1.82, 2.24) is 4.90 Å². The van der Waals surface area contributed by atoms with E-state index in [4.69, 9.17) is 5.73 Å². The topological polar surface area (TPSA) is 78.7 Å². The molecular weight excluding hydrogens is 352 g/mol. The number of primary amides is 1. The van der Waals surface area contributed by atoms with E-state index in [0.717, 1.165) is 29.9 Å². The molecule has 4 rings (SSSR count). The van der Waals surface area contributed by atoms with Gasteiger partial charge in [0.1, 0.15) is 0 Å². The van der Waals surface area contributed by atoms with Crippen molar-refractivity contribution in [3.8, 4) is 0 Å². The molecule has 0 unspecified atom stereocenters. The molecule has 2 heterocycles. The minimum atomic E-state index is -0.460. The van der Waals surface area contributed by atoms with Crippen LogP contribution in [0.15, 0.2) is 48.5 Å². The van der Waals surface area contributed by atoms with E-state index in [-0.39, 0.29) is 12.5 Å². The average molecular weight is 378 g/mol. The molecule has 2 amide bonds. The number of amides is 2. The summed E-state index contributed by atoms with van der Waals surface area (Å²) in [6, 6.07) is 15.5. The molecule has 146 valence electrons. The molecule has 3 N–H and O–H groups in total. The molecule has 1 saturated heterocycles. The highest BCUT2D eigenvalue weighted by Gasteiger charge is 2.31. The summed E-state index contributed by atoms with van der Waals surface area (Å²) < 4.78 is 0. The monoisotopic (exact) mass is 378 g/mol. The SMILES string of the molecule is NC(=O)[C@@H]1Cc2ccccc2CN1CC(=O)Nc1ccc(N2CCCC2)cc1. The molecule has 0 aromatic heterocycles.